The lowest BCUT2D eigenvalue weighted by Crippen LogP contribution is -2.57. The fourth-order valence-electron chi connectivity index (χ4n) is 2.78. The number of ether oxygens (including phenoxy) is 1. The van der Waals surface area contributed by atoms with Crippen LogP contribution in [0.4, 0.5) is 4.79 Å². The average Bonchev–Trinajstić information content (AvgIpc) is 3.12. The van der Waals surface area contributed by atoms with Crippen LogP contribution < -0.4 is 16.0 Å². The maximum atomic E-state index is 12.3. The van der Waals surface area contributed by atoms with Gasteiger partial charge in [0, 0.05) is 39.1 Å². The zero-order chi connectivity index (χ0) is 21.2. The van der Waals surface area contributed by atoms with Crippen molar-refractivity contribution in [2.45, 2.75) is 72.1 Å². The molecule has 168 valence electrons. The molecule has 3 N–H and O–H groups in total. The van der Waals surface area contributed by atoms with Gasteiger partial charge in [0.1, 0.15) is 5.60 Å². The highest BCUT2D eigenvalue weighted by molar-refractivity contribution is 14.0. The molecule has 0 aliphatic rings. The summed E-state index contributed by atoms with van der Waals surface area (Å²) in [4.78, 5) is 16.6. The SMILES string of the molecule is CCC(CC)(CNC(=NC)NCC(C)Cn1cccn1)NC(=O)OC(C)(C)C.I. The van der Waals surface area contributed by atoms with Crippen molar-refractivity contribution in [2.75, 3.05) is 20.1 Å². The molecule has 8 nitrogen and oxygen atoms in total. The van der Waals surface area contributed by atoms with E-state index in [1.807, 2.05) is 37.7 Å². The molecule has 9 heteroatoms. The molecule has 1 atom stereocenters. The van der Waals surface area contributed by atoms with E-state index in [0.717, 1.165) is 25.9 Å². The van der Waals surface area contributed by atoms with E-state index in [4.69, 9.17) is 4.74 Å². The van der Waals surface area contributed by atoms with E-state index in [2.05, 4.69) is 46.8 Å². The van der Waals surface area contributed by atoms with E-state index >= 15 is 0 Å². The molecule has 1 aromatic heterocycles. The Morgan fingerprint density at radius 1 is 1.24 bits per heavy atom. The molecular formula is C20H39IN6O2. The first-order chi connectivity index (χ1) is 13.1. The van der Waals surface area contributed by atoms with Crippen LogP contribution in [-0.2, 0) is 11.3 Å². The number of guanidine groups is 1. The lowest BCUT2D eigenvalue weighted by molar-refractivity contribution is 0.0448. The number of hydrogen-bond acceptors (Lipinski definition) is 4. The van der Waals surface area contributed by atoms with Crippen molar-refractivity contribution in [2.24, 2.45) is 10.9 Å². The number of alkyl carbamates (subject to hydrolysis) is 1. The van der Waals surface area contributed by atoms with Crippen LogP contribution in [0.15, 0.2) is 23.5 Å². The summed E-state index contributed by atoms with van der Waals surface area (Å²) in [5, 5.41) is 14.0. The Kier molecular flexibility index (Phi) is 12.2. The maximum absolute atomic E-state index is 12.3. The Balaban J connectivity index is 0.00000784. The quantitative estimate of drug-likeness (QED) is 0.263. The van der Waals surface area contributed by atoms with Gasteiger partial charge in [-0.25, -0.2) is 4.79 Å². The standard InChI is InChI=1S/C20H38N6O2.HI/c1-8-20(9-2,25-18(27)28-19(4,5)6)15-23-17(21-7)22-13-16(3)14-26-12-10-11-24-26;/h10-12,16H,8-9,13-15H2,1-7H3,(H,25,27)(H2,21,22,23);1H. The Bertz CT molecular complexity index is 609. The predicted molar refractivity (Wildman–Crippen MR) is 129 cm³/mol. The fourth-order valence-corrected chi connectivity index (χ4v) is 2.78. The second-order valence-electron chi connectivity index (χ2n) is 8.25. The van der Waals surface area contributed by atoms with E-state index in [0.29, 0.717) is 18.4 Å². The molecular weight excluding hydrogens is 483 g/mol. The number of carbonyl (C=O) groups is 1. The van der Waals surface area contributed by atoms with E-state index in [1.165, 1.54) is 0 Å². The van der Waals surface area contributed by atoms with Gasteiger partial charge in [-0.05, 0) is 45.6 Å². The molecule has 1 rings (SSSR count). The maximum Gasteiger partial charge on any atom is 0.408 e. The van der Waals surface area contributed by atoms with Gasteiger partial charge in [0.25, 0.3) is 0 Å². The van der Waals surface area contributed by atoms with Crippen molar-refractivity contribution in [3.05, 3.63) is 18.5 Å². The summed E-state index contributed by atoms with van der Waals surface area (Å²) in [5.74, 6) is 1.10. The molecule has 0 aliphatic heterocycles. The molecule has 1 aromatic rings. The fraction of sp³-hybridized carbons (Fsp3) is 0.750. The van der Waals surface area contributed by atoms with Crippen LogP contribution in [0.2, 0.25) is 0 Å². The van der Waals surface area contributed by atoms with Gasteiger partial charge < -0.3 is 20.7 Å². The Morgan fingerprint density at radius 3 is 2.38 bits per heavy atom. The van der Waals surface area contributed by atoms with Crippen molar-refractivity contribution in [3.63, 3.8) is 0 Å². The molecule has 0 radical (unpaired) electrons. The molecule has 0 saturated heterocycles. The molecule has 1 heterocycles. The molecule has 0 saturated carbocycles. The Morgan fingerprint density at radius 2 is 1.90 bits per heavy atom. The van der Waals surface area contributed by atoms with Gasteiger partial charge in [-0.1, -0.05) is 20.8 Å². The summed E-state index contributed by atoms with van der Waals surface area (Å²) in [7, 11) is 1.74. The zero-order valence-corrected chi connectivity index (χ0v) is 21.2. The zero-order valence-electron chi connectivity index (χ0n) is 18.9. The van der Waals surface area contributed by atoms with Gasteiger partial charge in [0.15, 0.2) is 5.96 Å². The van der Waals surface area contributed by atoms with E-state index in [1.54, 1.807) is 13.2 Å². The van der Waals surface area contributed by atoms with Crippen LogP contribution in [0.5, 0.6) is 0 Å². The average molecular weight is 522 g/mol. The van der Waals surface area contributed by atoms with Crippen LogP contribution in [0.25, 0.3) is 0 Å². The van der Waals surface area contributed by atoms with Crippen LogP contribution >= 0.6 is 24.0 Å². The van der Waals surface area contributed by atoms with Crippen LogP contribution in [0, 0.1) is 5.92 Å². The summed E-state index contributed by atoms with van der Waals surface area (Å²) in [6.45, 7) is 14.0. The largest absolute Gasteiger partial charge is 0.444 e. The molecule has 0 fully saturated rings. The lowest BCUT2D eigenvalue weighted by Gasteiger charge is -2.34. The summed E-state index contributed by atoms with van der Waals surface area (Å²) < 4.78 is 7.35. The topological polar surface area (TPSA) is 92.6 Å². The van der Waals surface area contributed by atoms with Gasteiger partial charge in [0.2, 0.25) is 0 Å². The highest BCUT2D eigenvalue weighted by atomic mass is 127. The highest BCUT2D eigenvalue weighted by Crippen LogP contribution is 2.16. The molecule has 1 amide bonds. The molecule has 0 spiro atoms. The van der Waals surface area contributed by atoms with Gasteiger partial charge >= 0.3 is 6.09 Å². The van der Waals surface area contributed by atoms with Crippen LogP contribution in [0.1, 0.15) is 54.4 Å². The number of nitrogens with zero attached hydrogens (tertiary/aromatic N) is 3. The number of nitrogens with one attached hydrogen (secondary N) is 3. The molecule has 0 aromatic carbocycles. The van der Waals surface area contributed by atoms with Crippen molar-refractivity contribution in [1.29, 1.82) is 0 Å². The van der Waals surface area contributed by atoms with Crippen molar-refractivity contribution < 1.29 is 9.53 Å². The highest BCUT2D eigenvalue weighted by Gasteiger charge is 2.30. The number of rotatable bonds is 9. The minimum Gasteiger partial charge on any atom is -0.444 e. The summed E-state index contributed by atoms with van der Waals surface area (Å²) >= 11 is 0. The molecule has 29 heavy (non-hydrogen) atoms. The van der Waals surface area contributed by atoms with Crippen molar-refractivity contribution >= 4 is 36.0 Å². The third kappa shape index (κ3) is 10.7. The first-order valence-electron chi connectivity index (χ1n) is 10.1. The number of amides is 1. The van der Waals surface area contributed by atoms with Crippen molar-refractivity contribution in [1.82, 2.24) is 25.7 Å². The minimum absolute atomic E-state index is 0. The lowest BCUT2D eigenvalue weighted by atomic mass is 9.93. The molecule has 1 unspecified atom stereocenters. The summed E-state index contributed by atoms with van der Waals surface area (Å²) in [6, 6.07) is 1.92. The first kappa shape index (κ1) is 27.5. The normalized spacial score (nSPS) is 13.3. The summed E-state index contributed by atoms with van der Waals surface area (Å²) in [6.07, 6.45) is 4.91. The van der Waals surface area contributed by atoms with Gasteiger partial charge in [-0.15, -0.1) is 24.0 Å². The summed E-state index contributed by atoms with van der Waals surface area (Å²) in [5.41, 5.74) is -0.923. The number of halogens is 1. The van der Waals surface area contributed by atoms with Gasteiger partial charge in [-0.3, -0.25) is 9.67 Å². The van der Waals surface area contributed by atoms with Gasteiger partial charge in [-0.2, -0.15) is 5.10 Å². The third-order valence-electron chi connectivity index (χ3n) is 4.61. The van der Waals surface area contributed by atoms with E-state index in [-0.39, 0.29) is 24.0 Å². The second kappa shape index (κ2) is 12.9. The number of hydrogen-bond donors (Lipinski definition) is 3. The molecule has 0 bridgehead atoms. The predicted octanol–water partition coefficient (Wildman–Crippen LogP) is 3.39. The smallest absolute Gasteiger partial charge is 0.408 e. The third-order valence-corrected chi connectivity index (χ3v) is 4.61. The Labute approximate surface area is 192 Å². The second-order valence-corrected chi connectivity index (χ2v) is 8.25. The molecule has 0 aliphatic carbocycles. The Hall–Kier alpha value is -1.52. The van der Waals surface area contributed by atoms with Crippen molar-refractivity contribution in [3.8, 4) is 0 Å². The van der Waals surface area contributed by atoms with Crippen LogP contribution in [-0.4, -0.2) is 53.1 Å². The minimum atomic E-state index is -0.521. The van der Waals surface area contributed by atoms with Gasteiger partial charge in [0.05, 0.1) is 5.54 Å². The first-order valence-corrected chi connectivity index (χ1v) is 10.1. The number of aliphatic imine (C=N–C) groups is 1. The number of aromatic nitrogens is 2. The van der Waals surface area contributed by atoms with E-state index < -0.39 is 17.2 Å². The van der Waals surface area contributed by atoms with E-state index in [9.17, 15) is 4.79 Å². The monoisotopic (exact) mass is 522 g/mol. The number of carbonyl (C=O) groups excluding carboxylic acids is 1. The van der Waals surface area contributed by atoms with Crippen LogP contribution in [0.3, 0.4) is 0 Å².